The lowest BCUT2D eigenvalue weighted by molar-refractivity contribution is 1.09. The minimum atomic E-state index is 0.134. The molecule has 0 unspecified atom stereocenters. The maximum Gasteiger partial charge on any atom is 0.143 e. The standard InChI is InChI=1S/C11H13N5/c1-15-7-8(6-12)11(14)16-10-5-3-2-4-9(10)13/h2-5,7,15H,13H2,1H3,(H2,14,16)/b8-7+. The van der Waals surface area contributed by atoms with Crippen molar-refractivity contribution in [3.05, 3.63) is 36.0 Å². The zero-order chi connectivity index (χ0) is 12.0. The average Bonchev–Trinajstić information content (AvgIpc) is 2.29. The molecule has 0 amide bonds. The summed E-state index contributed by atoms with van der Waals surface area (Å²) >= 11 is 0. The second-order valence-electron chi connectivity index (χ2n) is 3.01. The molecule has 0 heterocycles. The maximum atomic E-state index is 8.82. The van der Waals surface area contributed by atoms with E-state index in [0.717, 1.165) is 0 Å². The van der Waals surface area contributed by atoms with E-state index in [-0.39, 0.29) is 11.4 Å². The van der Waals surface area contributed by atoms with E-state index in [1.165, 1.54) is 6.20 Å². The third-order valence-corrected chi connectivity index (χ3v) is 1.86. The second-order valence-corrected chi connectivity index (χ2v) is 3.01. The Kier molecular flexibility index (Phi) is 3.92. The van der Waals surface area contributed by atoms with Crippen molar-refractivity contribution >= 4 is 17.2 Å². The van der Waals surface area contributed by atoms with Gasteiger partial charge in [-0.15, -0.1) is 0 Å². The lowest BCUT2D eigenvalue weighted by Crippen LogP contribution is -2.15. The molecular formula is C11H13N5. The lowest BCUT2D eigenvalue weighted by Gasteiger charge is -2.01. The smallest absolute Gasteiger partial charge is 0.143 e. The molecule has 0 saturated carbocycles. The minimum absolute atomic E-state index is 0.134. The molecule has 0 saturated heterocycles. The van der Waals surface area contributed by atoms with Crippen LogP contribution in [0.2, 0.25) is 0 Å². The Morgan fingerprint density at radius 2 is 2.19 bits per heavy atom. The van der Waals surface area contributed by atoms with Gasteiger partial charge in [-0.1, -0.05) is 12.1 Å². The molecule has 5 heteroatoms. The Labute approximate surface area is 94.1 Å². The fraction of sp³-hybridized carbons (Fsp3) is 0.0909. The molecule has 0 aliphatic heterocycles. The molecule has 0 fully saturated rings. The highest BCUT2D eigenvalue weighted by molar-refractivity contribution is 6.02. The van der Waals surface area contributed by atoms with Gasteiger partial charge in [-0.05, 0) is 12.1 Å². The molecule has 1 rings (SSSR count). The van der Waals surface area contributed by atoms with Crippen molar-refractivity contribution in [3.63, 3.8) is 0 Å². The molecule has 5 nitrogen and oxygen atoms in total. The Morgan fingerprint density at radius 1 is 1.50 bits per heavy atom. The van der Waals surface area contributed by atoms with Gasteiger partial charge in [0.25, 0.3) is 0 Å². The van der Waals surface area contributed by atoms with E-state index in [4.69, 9.17) is 16.7 Å². The zero-order valence-electron chi connectivity index (χ0n) is 8.94. The van der Waals surface area contributed by atoms with Crippen molar-refractivity contribution in [2.45, 2.75) is 0 Å². The summed E-state index contributed by atoms with van der Waals surface area (Å²) < 4.78 is 0. The number of anilines is 1. The summed E-state index contributed by atoms with van der Waals surface area (Å²) in [6.07, 6.45) is 1.48. The number of rotatable bonds is 3. The van der Waals surface area contributed by atoms with Gasteiger partial charge in [0, 0.05) is 13.2 Å². The number of hydrogen-bond donors (Lipinski definition) is 3. The van der Waals surface area contributed by atoms with Crippen LogP contribution in [0.4, 0.5) is 11.4 Å². The molecule has 0 aromatic heterocycles. The summed E-state index contributed by atoms with van der Waals surface area (Å²) in [5, 5.41) is 11.5. The number of amidine groups is 1. The molecule has 16 heavy (non-hydrogen) atoms. The predicted molar refractivity (Wildman–Crippen MR) is 64.9 cm³/mol. The third kappa shape index (κ3) is 2.75. The van der Waals surface area contributed by atoms with E-state index in [2.05, 4.69) is 10.3 Å². The van der Waals surface area contributed by atoms with Gasteiger partial charge in [0.1, 0.15) is 17.5 Å². The van der Waals surface area contributed by atoms with Crippen molar-refractivity contribution in [1.29, 1.82) is 5.26 Å². The maximum absolute atomic E-state index is 8.82. The van der Waals surface area contributed by atoms with Gasteiger partial charge >= 0.3 is 0 Å². The number of nitrogens with two attached hydrogens (primary N) is 2. The summed E-state index contributed by atoms with van der Waals surface area (Å²) in [6.45, 7) is 0. The van der Waals surface area contributed by atoms with E-state index >= 15 is 0 Å². The Morgan fingerprint density at radius 3 is 2.75 bits per heavy atom. The van der Waals surface area contributed by atoms with Crippen molar-refractivity contribution in [2.75, 3.05) is 12.8 Å². The molecule has 0 aliphatic carbocycles. The van der Waals surface area contributed by atoms with Gasteiger partial charge in [0.05, 0.1) is 11.4 Å². The van der Waals surface area contributed by atoms with E-state index in [0.29, 0.717) is 11.4 Å². The lowest BCUT2D eigenvalue weighted by atomic mass is 10.2. The fourth-order valence-electron chi connectivity index (χ4n) is 1.09. The van der Waals surface area contributed by atoms with Gasteiger partial charge in [-0.2, -0.15) is 5.26 Å². The van der Waals surface area contributed by atoms with Gasteiger partial charge in [0.2, 0.25) is 0 Å². The number of nitriles is 1. The molecular weight excluding hydrogens is 202 g/mol. The summed E-state index contributed by atoms with van der Waals surface area (Å²) in [6, 6.07) is 9.01. The number of hydrogen-bond acceptors (Lipinski definition) is 4. The fourth-order valence-corrected chi connectivity index (χ4v) is 1.09. The monoisotopic (exact) mass is 215 g/mol. The first kappa shape index (κ1) is 11.6. The molecule has 0 radical (unpaired) electrons. The van der Waals surface area contributed by atoms with E-state index in [9.17, 15) is 0 Å². The molecule has 5 N–H and O–H groups in total. The second kappa shape index (κ2) is 5.41. The van der Waals surface area contributed by atoms with Crippen molar-refractivity contribution < 1.29 is 0 Å². The van der Waals surface area contributed by atoms with Crippen LogP contribution in [0.3, 0.4) is 0 Å². The molecule has 1 aromatic rings. The molecule has 1 aromatic carbocycles. The number of nitrogen functional groups attached to an aromatic ring is 1. The quantitative estimate of drug-likeness (QED) is 0.301. The van der Waals surface area contributed by atoms with E-state index in [1.54, 1.807) is 31.3 Å². The van der Waals surface area contributed by atoms with Crippen LogP contribution < -0.4 is 16.8 Å². The summed E-state index contributed by atoms with van der Waals surface area (Å²) in [5.41, 5.74) is 12.7. The Balaban J connectivity index is 3.07. The van der Waals surface area contributed by atoms with Crippen LogP contribution >= 0.6 is 0 Å². The summed E-state index contributed by atoms with van der Waals surface area (Å²) in [7, 11) is 1.68. The van der Waals surface area contributed by atoms with Crippen molar-refractivity contribution in [3.8, 4) is 6.07 Å². The Hall–Kier alpha value is -2.48. The normalized spacial score (nSPS) is 12.0. The average molecular weight is 215 g/mol. The largest absolute Gasteiger partial charge is 0.397 e. The molecule has 0 spiro atoms. The van der Waals surface area contributed by atoms with Crippen LogP contribution in [0, 0.1) is 11.3 Å². The van der Waals surface area contributed by atoms with Crippen LogP contribution in [-0.2, 0) is 0 Å². The van der Waals surface area contributed by atoms with Crippen LogP contribution in [0.15, 0.2) is 41.0 Å². The van der Waals surface area contributed by atoms with Crippen LogP contribution in [0.1, 0.15) is 0 Å². The van der Waals surface area contributed by atoms with Crippen molar-refractivity contribution in [1.82, 2.24) is 5.32 Å². The van der Waals surface area contributed by atoms with Gasteiger partial charge < -0.3 is 16.8 Å². The predicted octanol–water partition coefficient (Wildman–Crippen LogP) is 0.884. The van der Waals surface area contributed by atoms with Gasteiger partial charge in [0.15, 0.2) is 0 Å². The van der Waals surface area contributed by atoms with Crippen LogP contribution in [0.5, 0.6) is 0 Å². The highest BCUT2D eigenvalue weighted by atomic mass is 14.9. The SMILES string of the molecule is CN/C=C(\C#N)C(N)=Nc1ccccc1N. The first-order chi connectivity index (χ1) is 7.69. The molecule has 0 atom stereocenters. The topological polar surface area (TPSA) is 100 Å². The first-order valence-electron chi connectivity index (χ1n) is 4.65. The van der Waals surface area contributed by atoms with Crippen LogP contribution in [-0.4, -0.2) is 12.9 Å². The number of nitrogens with zero attached hydrogens (tertiary/aromatic N) is 2. The van der Waals surface area contributed by atoms with Crippen LogP contribution in [0.25, 0.3) is 0 Å². The summed E-state index contributed by atoms with van der Waals surface area (Å²) in [5.74, 6) is 0.134. The van der Waals surface area contributed by atoms with Gasteiger partial charge in [-0.3, -0.25) is 0 Å². The molecule has 82 valence electrons. The highest BCUT2D eigenvalue weighted by Crippen LogP contribution is 2.20. The number of para-hydroxylation sites is 2. The van der Waals surface area contributed by atoms with E-state index in [1.807, 2.05) is 6.07 Å². The molecule has 0 bridgehead atoms. The Bertz CT molecular complexity index is 468. The minimum Gasteiger partial charge on any atom is -0.397 e. The highest BCUT2D eigenvalue weighted by Gasteiger charge is 2.02. The number of benzene rings is 1. The van der Waals surface area contributed by atoms with Crippen molar-refractivity contribution in [2.24, 2.45) is 10.7 Å². The number of aliphatic imine (C=N–C) groups is 1. The van der Waals surface area contributed by atoms with E-state index < -0.39 is 0 Å². The zero-order valence-corrected chi connectivity index (χ0v) is 8.94. The summed E-state index contributed by atoms with van der Waals surface area (Å²) in [4.78, 5) is 4.09. The first-order valence-corrected chi connectivity index (χ1v) is 4.65. The number of nitrogens with one attached hydrogen (secondary N) is 1. The van der Waals surface area contributed by atoms with Gasteiger partial charge in [-0.25, -0.2) is 4.99 Å². The molecule has 0 aliphatic rings. The third-order valence-electron chi connectivity index (χ3n) is 1.86.